The van der Waals surface area contributed by atoms with Gasteiger partial charge in [-0.05, 0) is 0 Å². The zero-order chi connectivity index (χ0) is 21.3. The van der Waals surface area contributed by atoms with Crippen molar-refractivity contribution >= 4 is 8.17 Å². The van der Waals surface area contributed by atoms with Gasteiger partial charge >= 0.3 is 154 Å². The summed E-state index contributed by atoms with van der Waals surface area (Å²) in [6.07, 6.45) is 0. The second kappa shape index (κ2) is 17.7. The Kier molecular flexibility index (Phi) is 19.0. The summed E-state index contributed by atoms with van der Waals surface area (Å²) >= 11 is 0. The molecule has 0 amide bonds. The first-order chi connectivity index (χ1) is 13.3. The Bertz CT molecular complexity index is 672. The van der Waals surface area contributed by atoms with Crippen LogP contribution in [0.3, 0.4) is 0 Å². The number of hydrogen-bond acceptors (Lipinski definition) is 4. The van der Waals surface area contributed by atoms with Crippen LogP contribution in [-0.4, -0.2) is 0 Å². The van der Waals surface area contributed by atoms with Crippen molar-refractivity contribution in [2.45, 2.75) is 0 Å². The molecular weight excluding hydrogens is 434 g/mol. The summed E-state index contributed by atoms with van der Waals surface area (Å²) in [7, 11) is -3.08. The zero-order valence-corrected chi connectivity index (χ0v) is 15.9. The number of hydrogen-bond donors (Lipinski definition) is 0. The van der Waals surface area contributed by atoms with Crippen molar-refractivity contribution in [2.75, 3.05) is 0 Å². The molecule has 1 spiro atoms. The van der Waals surface area contributed by atoms with Crippen LogP contribution >= 0.6 is 8.17 Å². The molecule has 2 aromatic carbocycles. The molecule has 2 heterocycles. The van der Waals surface area contributed by atoms with E-state index in [1.165, 1.54) is 0 Å². The van der Waals surface area contributed by atoms with Crippen molar-refractivity contribution in [3.8, 4) is 23.0 Å². The van der Waals surface area contributed by atoms with Crippen LogP contribution < -0.4 is 18.1 Å². The monoisotopic (exact) mass is 443 g/mol. The van der Waals surface area contributed by atoms with Crippen LogP contribution in [0, 0.1) is 33.3 Å². The molecule has 0 aromatic heterocycles. The Morgan fingerprint density at radius 2 is 0.643 bits per heavy atom. The van der Waals surface area contributed by atoms with Crippen molar-refractivity contribution in [2.24, 2.45) is 0 Å². The molecule has 11 heteroatoms. The fourth-order valence-corrected chi connectivity index (χ4v) is 3.90. The number of fused-ring (bicyclic) bond motifs is 2. The summed E-state index contributed by atoms with van der Waals surface area (Å²) in [4.78, 5) is 0. The van der Waals surface area contributed by atoms with E-state index in [1.807, 2.05) is 48.5 Å². The predicted octanol–water partition coefficient (Wildman–Crippen LogP) is 3.15. The van der Waals surface area contributed by atoms with Gasteiger partial charge in [0, 0.05) is 17.1 Å². The van der Waals surface area contributed by atoms with E-state index in [0.717, 1.165) is 0 Å². The molecule has 28 heavy (non-hydrogen) atoms. The average molecular weight is 443 g/mol. The molecule has 0 bridgehead atoms. The van der Waals surface area contributed by atoms with E-state index in [0.29, 0.717) is 23.0 Å². The topological polar surface area (TPSA) is 136 Å². The van der Waals surface area contributed by atoms with Crippen LogP contribution in [0.5, 0.6) is 23.0 Å². The molecule has 0 saturated heterocycles. The second-order valence-electron chi connectivity index (χ2n) is 3.80. The molecule has 0 N–H and O–H groups in total. The van der Waals surface area contributed by atoms with Gasteiger partial charge < -0.3 is 0 Å². The van der Waals surface area contributed by atoms with Gasteiger partial charge in [-0.15, -0.1) is 0 Å². The minimum absolute atomic E-state index is 0. The van der Waals surface area contributed by atoms with Crippen molar-refractivity contribution in [1.82, 2.24) is 0 Å². The average Bonchev–Trinajstić information content (AvgIpc) is 3.33. The fraction of sp³-hybridized carbons (Fsp3) is 0. The van der Waals surface area contributed by atoms with Crippen molar-refractivity contribution in [1.29, 1.82) is 0 Å². The van der Waals surface area contributed by atoms with E-state index in [-0.39, 0.29) is 17.1 Å². The zero-order valence-electron chi connectivity index (χ0n) is 13.7. The Morgan fingerprint density at radius 1 is 0.464 bits per heavy atom. The first-order valence-electron chi connectivity index (χ1n) is 6.31. The van der Waals surface area contributed by atoms with Gasteiger partial charge in [-0.3, -0.25) is 0 Å². The fourth-order valence-electron chi connectivity index (χ4n) is 1.90. The summed E-state index contributed by atoms with van der Waals surface area (Å²) in [5.74, 6) is 2.69. The van der Waals surface area contributed by atoms with E-state index in [1.54, 1.807) is 0 Å². The van der Waals surface area contributed by atoms with Crippen LogP contribution in [0.2, 0.25) is 0 Å². The Hall–Kier alpha value is -2.71. The quantitative estimate of drug-likeness (QED) is 0.267. The molecule has 2 aliphatic heterocycles. The van der Waals surface area contributed by atoms with Gasteiger partial charge in [0.25, 0.3) is 0 Å². The molecule has 2 aromatic rings. The van der Waals surface area contributed by atoms with Crippen LogP contribution in [0.25, 0.3) is 0 Å². The molecule has 0 saturated carbocycles. The van der Waals surface area contributed by atoms with Gasteiger partial charge in [0.1, 0.15) is 0 Å². The van der Waals surface area contributed by atoms with Crippen molar-refractivity contribution in [3.05, 3.63) is 81.8 Å². The molecule has 0 atom stereocenters. The van der Waals surface area contributed by atoms with Crippen LogP contribution in [0.15, 0.2) is 48.5 Å². The second-order valence-corrected chi connectivity index (χ2v) is 5.62. The van der Waals surface area contributed by atoms with Gasteiger partial charge in [0.15, 0.2) is 0 Å². The number of rotatable bonds is 0. The molecule has 2 aliphatic rings. The summed E-state index contributed by atoms with van der Waals surface area (Å²) in [5, 5.41) is 0. The van der Waals surface area contributed by atoms with E-state index < -0.39 is 8.17 Å². The molecule has 4 rings (SSSR count). The third-order valence-corrected chi connectivity index (χ3v) is 4.52. The Morgan fingerprint density at radius 3 is 0.821 bits per heavy atom. The first kappa shape index (κ1) is 30.0. The van der Waals surface area contributed by atoms with E-state index in [4.69, 9.17) is 41.4 Å². The van der Waals surface area contributed by atoms with Crippen LogP contribution in [0.1, 0.15) is 0 Å². The summed E-state index contributed by atoms with van der Waals surface area (Å²) in [5.41, 5.74) is 0. The van der Waals surface area contributed by atoms with E-state index >= 15 is 0 Å². The van der Waals surface area contributed by atoms with Gasteiger partial charge in [0.05, 0.1) is 0 Å². The number of benzene rings is 2. The maximum absolute atomic E-state index is 7.50. The summed E-state index contributed by atoms with van der Waals surface area (Å²) < 4.78 is 60.3. The first-order valence-corrected chi connectivity index (χ1v) is 7.94. The molecule has 1 radical (unpaired) electrons. The Labute approximate surface area is 171 Å². The molecule has 0 unspecified atom stereocenters. The summed E-state index contributed by atoms with van der Waals surface area (Å²) in [6.45, 7) is 22.5. The third kappa shape index (κ3) is 7.50. The third-order valence-electron chi connectivity index (χ3n) is 2.64. The van der Waals surface area contributed by atoms with Crippen molar-refractivity contribution < 1.29 is 58.4 Å². The number of para-hydroxylation sites is 4. The minimum atomic E-state index is -3.08. The molecular formula is C17H9MnO9P. The van der Waals surface area contributed by atoms with Gasteiger partial charge in [-0.1, -0.05) is 0 Å². The summed E-state index contributed by atoms with van der Waals surface area (Å²) in [6, 6.07) is 14.9. The van der Waals surface area contributed by atoms with Crippen LogP contribution in [0.4, 0.5) is 0 Å². The van der Waals surface area contributed by atoms with Gasteiger partial charge in [-0.2, -0.15) is 0 Å². The van der Waals surface area contributed by atoms with Gasteiger partial charge in [-0.25, -0.2) is 0 Å². The normalized spacial score (nSPS) is 12.1. The standard InChI is InChI=1S/C12H9O4P.5CO.Mn/c1-2-6-10-9(5-1)13-17(14-10)15-11-7-3-4-8-12(11)16-17;5*1-2;/h1-8,17H;;;;;;. The molecule has 143 valence electrons. The predicted molar refractivity (Wildman–Crippen MR) is 83.4 cm³/mol. The molecule has 9 nitrogen and oxygen atoms in total. The van der Waals surface area contributed by atoms with E-state index in [2.05, 4.69) is 33.3 Å². The van der Waals surface area contributed by atoms with Crippen LogP contribution in [-0.2, 0) is 40.3 Å². The SMILES string of the molecule is [C-]#[O+].[C-]#[O+].[C-]#[O+].[C-]#[O+].[C-]#[O+].[Mn].c1ccc2c(c1)O[PH]1(O2)Oc2ccccc2O1. The molecule has 0 aliphatic carbocycles. The Balaban J connectivity index is -0.000000503. The van der Waals surface area contributed by atoms with Gasteiger partial charge in [0.2, 0.25) is 0 Å². The maximum atomic E-state index is 7.50. The van der Waals surface area contributed by atoms with E-state index in [9.17, 15) is 0 Å². The molecule has 0 fully saturated rings. The van der Waals surface area contributed by atoms with Crippen molar-refractivity contribution in [3.63, 3.8) is 0 Å².